The number of thiophene rings is 1. The third-order valence-corrected chi connectivity index (χ3v) is 4.35. The molecule has 1 aliphatic rings. The maximum atomic E-state index is 12.0. The largest absolute Gasteiger partial charge is 0.378 e. The quantitative estimate of drug-likeness (QED) is 0.892. The molecule has 2 N–H and O–H groups in total. The summed E-state index contributed by atoms with van der Waals surface area (Å²) in [5.74, 6) is -0.111. The Morgan fingerprint density at radius 2 is 2.48 bits per heavy atom. The van der Waals surface area contributed by atoms with E-state index in [1.807, 2.05) is 16.8 Å². The molecule has 3 rings (SSSR count). The molecule has 2 aromatic heterocycles. The first kappa shape index (κ1) is 14.3. The molecule has 0 aromatic carbocycles. The number of hydrogen-bond donors (Lipinski definition) is 2. The second kappa shape index (κ2) is 6.87. The predicted octanol–water partition coefficient (Wildman–Crippen LogP) is 2.83. The van der Waals surface area contributed by atoms with Gasteiger partial charge in [-0.1, -0.05) is 0 Å². The molecule has 1 saturated heterocycles. The van der Waals surface area contributed by atoms with Gasteiger partial charge in [-0.15, -0.1) is 0 Å². The Morgan fingerprint density at radius 1 is 1.52 bits per heavy atom. The van der Waals surface area contributed by atoms with Crippen molar-refractivity contribution in [2.75, 3.05) is 13.2 Å². The van der Waals surface area contributed by atoms with E-state index in [1.165, 1.54) is 6.42 Å². The first-order chi connectivity index (χ1) is 10.3. The van der Waals surface area contributed by atoms with Crippen molar-refractivity contribution < 1.29 is 9.53 Å². The van der Waals surface area contributed by atoms with Crippen molar-refractivity contribution >= 4 is 17.2 Å². The van der Waals surface area contributed by atoms with E-state index in [9.17, 15) is 4.79 Å². The maximum Gasteiger partial charge on any atom is 0.269 e. The zero-order chi connectivity index (χ0) is 14.5. The van der Waals surface area contributed by atoms with E-state index in [0.717, 1.165) is 37.1 Å². The molecule has 6 heteroatoms. The summed E-state index contributed by atoms with van der Waals surface area (Å²) >= 11 is 1.61. The van der Waals surface area contributed by atoms with E-state index >= 15 is 0 Å². The Labute approximate surface area is 127 Å². The van der Waals surface area contributed by atoms with Crippen LogP contribution in [0.25, 0.3) is 11.3 Å². The highest BCUT2D eigenvalue weighted by Crippen LogP contribution is 2.20. The van der Waals surface area contributed by atoms with Gasteiger partial charge in [0, 0.05) is 24.1 Å². The third-order valence-electron chi connectivity index (χ3n) is 3.67. The van der Waals surface area contributed by atoms with E-state index in [-0.39, 0.29) is 5.91 Å². The number of rotatable bonds is 5. The summed E-state index contributed by atoms with van der Waals surface area (Å²) in [6, 6.07) is 3.78. The van der Waals surface area contributed by atoms with Crippen molar-refractivity contribution in [3.63, 3.8) is 0 Å². The van der Waals surface area contributed by atoms with Gasteiger partial charge in [0.05, 0.1) is 11.8 Å². The highest BCUT2D eigenvalue weighted by Gasteiger charge is 2.15. The Kier molecular flexibility index (Phi) is 4.67. The molecule has 21 heavy (non-hydrogen) atoms. The standard InChI is InChI=1S/C15H19N3O2S/c19-15(16-6-4-12-3-1-2-7-20-12)14-9-13(17-18-14)11-5-8-21-10-11/h5,8-10,12H,1-4,6-7H2,(H,16,19)(H,17,18)/t12-/m0/s1. The fourth-order valence-electron chi connectivity index (χ4n) is 2.47. The first-order valence-corrected chi connectivity index (χ1v) is 8.25. The molecule has 1 atom stereocenters. The van der Waals surface area contributed by atoms with Gasteiger partial charge in [-0.2, -0.15) is 16.4 Å². The van der Waals surface area contributed by atoms with Crippen molar-refractivity contribution in [1.29, 1.82) is 0 Å². The minimum atomic E-state index is -0.111. The lowest BCUT2D eigenvalue weighted by molar-refractivity contribution is 0.0117. The normalized spacial score (nSPS) is 18.6. The molecule has 1 aliphatic heterocycles. The highest BCUT2D eigenvalue weighted by atomic mass is 32.1. The van der Waals surface area contributed by atoms with Crippen LogP contribution in [0.5, 0.6) is 0 Å². The van der Waals surface area contributed by atoms with E-state index < -0.39 is 0 Å². The molecule has 0 spiro atoms. The van der Waals surface area contributed by atoms with Crippen LogP contribution < -0.4 is 5.32 Å². The summed E-state index contributed by atoms with van der Waals surface area (Å²) in [4.78, 5) is 12.0. The maximum absolute atomic E-state index is 12.0. The van der Waals surface area contributed by atoms with E-state index in [4.69, 9.17) is 4.74 Å². The van der Waals surface area contributed by atoms with Gasteiger partial charge in [-0.25, -0.2) is 0 Å². The summed E-state index contributed by atoms with van der Waals surface area (Å²) in [5, 5.41) is 13.9. The number of nitrogens with one attached hydrogen (secondary N) is 2. The third kappa shape index (κ3) is 3.71. The lowest BCUT2D eigenvalue weighted by atomic mass is 10.1. The Bertz CT molecular complexity index is 574. The molecule has 3 heterocycles. The molecule has 1 amide bonds. The number of carbonyl (C=O) groups excluding carboxylic acids is 1. The first-order valence-electron chi connectivity index (χ1n) is 7.31. The van der Waals surface area contributed by atoms with Crippen molar-refractivity contribution in [2.24, 2.45) is 0 Å². The second-order valence-electron chi connectivity index (χ2n) is 5.21. The van der Waals surface area contributed by atoms with Gasteiger partial charge < -0.3 is 10.1 Å². The van der Waals surface area contributed by atoms with Crippen LogP contribution in [0.2, 0.25) is 0 Å². The van der Waals surface area contributed by atoms with E-state index in [1.54, 1.807) is 17.4 Å². The van der Waals surface area contributed by atoms with Crippen LogP contribution >= 0.6 is 11.3 Å². The fraction of sp³-hybridized carbons (Fsp3) is 0.467. The number of aromatic amines is 1. The number of carbonyl (C=O) groups is 1. The van der Waals surface area contributed by atoms with Crippen LogP contribution in [0.15, 0.2) is 22.9 Å². The van der Waals surface area contributed by atoms with Gasteiger partial charge in [0.15, 0.2) is 0 Å². The second-order valence-corrected chi connectivity index (χ2v) is 5.99. The van der Waals surface area contributed by atoms with E-state index in [2.05, 4.69) is 15.5 Å². The molecule has 5 nitrogen and oxygen atoms in total. The molecule has 0 bridgehead atoms. The molecule has 2 aromatic rings. The van der Waals surface area contributed by atoms with Crippen LogP contribution in [-0.2, 0) is 4.74 Å². The monoisotopic (exact) mass is 305 g/mol. The topological polar surface area (TPSA) is 67.0 Å². The summed E-state index contributed by atoms with van der Waals surface area (Å²) in [6.45, 7) is 1.49. The summed E-state index contributed by atoms with van der Waals surface area (Å²) < 4.78 is 5.65. The van der Waals surface area contributed by atoms with Crippen LogP contribution in [0.1, 0.15) is 36.2 Å². The number of hydrogen-bond acceptors (Lipinski definition) is 4. The lowest BCUT2D eigenvalue weighted by Crippen LogP contribution is -2.29. The van der Waals surface area contributed by atoms with Crippen molar-refractivity contribution in [2.45, 2.75) is 31.8 Å². The molecule has 1 fully saturated rings. The van der Waals surface area contributed by atoms with Gasteiger partial charge in [0.2, 0.25) is 0 Å². The molecular weight excluding hydrogens is 286 g/mol. The molecule has 112 valence electrons. The predicted molar refractivity (Wildman–Crippen MR) is 82.4 cm³/mol. The number of aromatic nitrogens is 2. The van der Waals surface area contributed by atoms with Crippen LogP contribution in [0.4, 0.5) is 0 Å². The Balaban J connectivity index is 1.49. The number of nitrogens with zero attached hydrogens (tertiary/aromatic N) is 1. The van der Waals surface area contributed by atoms with E-state index in [0.29, 0.717) is 18.3 Å². The van der Waals surface area contributed by atoms with Crippen LogP contribution in [0, 0.1) is 0 Å². The Hall–Kier alpha value is -1.66. The molecule has 0 aliphatic carbocycles. The average Bonchev–Trinajstić information content (AvgIpc) is 3.19. The SMILES string of the molecule is O=C(NCC[C@@H]1CCCCO1)c1cc(-c2ccsc2)n[nH]1. The summed E-state index contributed by atoms with van der Waals surface area (Å²) in [5.41, 5.74) is 2.34. The summed E-state index contributed by atoms with van der Waals surface area (Å²) in [6.07, 6.45) is 4.65. The number of H-pyrrole nitrogens is 1. The van der Waals surface area contributed by atoms with Gasteiger partial charge in [-0.3, -0.25) is 9.89 Å². The fourth-order valence-corrected chi connectivity index (χ4v) is 3.12. The molecule has 0 unspecified atom stereocenters. The zero-order valence-corrected chi connectivity index (χ0v) is 12.6. The van der Waals surface area contributed by atoms with Crippen molar-refractivity contribution in [3.8, 4) is 11.3 Å². The van der Waals surface area contributed by atoms with Gasteiger partial charge >= 0.3 is 0 Å². The van der Waals surface area contributed by atoms with Crippen LogP contribution in [0.3, 0.4) is 0 Å². The highest BCUT2D eigenvalue weighted by molar-refractivity contribution is 7.08. The van der Waals surface area contributed by atoms with Gasteiger partial charge in [0.25, 0.3) is 5.91 Å². The smallest absolute Gasteiger partial charge is 0.269 e. The summed E-state index contributed by atoms with van der Waals surface area (Å²) in [7, 11) is 0. The average molecular weight is 305 g/mol. The van der Waals surface area contributed by atoms with Crippen molar-refractivity contribution in [1.82, 2.24) is 15.5 Å². The van der Waals surface area contributed by atoms with Gasteiger partial charge in [-0.05, 0) is 43.2 Å². The van der Waals surface area contributed by atoms with Gasteiger partial charge in [0.1, 0.15) is 5.69 Å². The van der Waals surface area contributed by atoms with Crippen molar-refractivity contribution in [3.05, 3.63) is 28.6 Å². The molecule has 0 radical (unpaired) electrons. The minimum absolute atomic E-state index is 0.111. The van der Waals surface area contributed by atoms with Crippen LogP contribution in [-0.4, -0.2) is 35.4 Å². The number of ether oxygens (including phenoxy) is 1. The lowest BCUT2D eigenvalue weighted by Gasteiger charge is -2.22. The molecule has 0 saturated carbocycles. The molecular formula is C15H19N3O2S. The Morgan fingerprint density at radius 3 is 3.24 bits per heavy atom. The number of amides is 1. The minimum Gasteiger partial charge on any atom is -0.378 e. The zero-order valence-electron chi connectivity index (χ0n) is 11.8.